The van der Waals surface area contributed by atoms with Gasteiger partial charge in [-0.3, -0.25) is 18.6 Å². The lowest BCUT2D eigenvalue weighted by molar-refractivity contribution is -0.161. The zero-order valence-electron chi connectivity index (χ0n) is 37.0. The van der Waals surface area contributed by atoms with E-state index in [9.17, 15) is 19.0 Å². The van der Waals surface area contributed by atoms with Gasteiger partial charge in [0.25, 0.3) is 0 Å². The Balaban J connectivity index is 4.13. The summed E-state index contributed by atoms with van der Waals surface area (Å²) in [6.45, 7) is 3.65. The third-order valence-electron chi connectivity index (χ3n) is 9.63. The second-order valence-corrected chi connectivity index (χ2v) is 16.7. The molecule has 9 nitrogen and oxygen atoms in total. The van der Waals surface area contributed by atoms with Gasteiger partial charge < -0.3 is 20.1 Å². The quantitative estimate of drug-likeness (QED) is 0.0266. The van der Waals surface area contributed by atoms with Crippen LogP contribution in [0.5, 0.6) is 0 Å². The first-order valence-electron chi connectivity index (χ1n) is 23.3. The molecule has 0 amide bonds. The molecule has 0 aromatic rings. The van der Waals surface area contributed by atoms with Gasteiger partial charge in [-0.25, -0.2) is 4.57 Å². The number of esters is 2. The average molecular weight is 836 g/mol. The Morgan fingerprint density at radius 1 is 0.517 bits per heavy atom. The first-order chi connectivity index (χ1) is 28.3. The normalized spacial score (nSPS) is 13.8. The van der Waals surface area contributed by atoms with E-state index in [1.165, 1.54) is 77.0 Å². The molecule has 0 saturated heterocycles. The molecule has 0 aromatic carbocycles. The molecule has 0 spiro atoms. The lowest BCUT2D eigenvalue weighted by atomic mass is 10.1. The third-order valence-corrected chi connectivity index (χ3v) is 10.6. The summed E-state index contributed by atoms with van der Waals surface area (Å²) in [5.41, 5.74) is 5.35. The fourth-order valence-electron chi connectivity index (χ4n) is 6.13. The number of hydrogen-bond acceptors (Lipinski definition) is 8. The van der Waals surface area contributed by atoms with E-state index in [1.807, 2.05) is 0 Å². The summed E-state index contributed by atoms with van der Waals surface area (Å²) in [7, 11) is -4.39. The Kier molecular flexibility index (Phi) is 42.5. The molecular formula is C48H86NO8P. The van der Waals surface area contributed by atoms with Gasteiger partial charge in [0.15, 0.2) is 6.10 Å². The van der Waals surface area contributed by atoms with Gasteiger partial charge in [0, 0.05) is 19.4 Å². The molecule has 0 aliphatic carbocycles. The van der Waals surface area contributed by atoms with Crippen LogP contribution in [0, 0.1) is 0 Å². The van der Waals surface area contributed by atoms with Crippen LogP contribution in [0.25, 0.3) is 0 Å². The minimum Gasteiger partial charge on any atom is -0.462 e. The van der Waals surface area contributed by atoms with Crippen molar-refractivity contribution in [2.24, 2.45) is 5.73 Å². The summed E-state index contributed by atoms with van der Waals surface area (Å²) in [5.74, 6) is -0.855. The zero-order chi connectivity index (χ0) is 42.5. The number of phosphoric ester groups is 1. The Hall–Kier alpha value is -2.29. The van der Waals surface area contributed by atoms with E-state index in [1.54, 1.807) is 0 Å². The predicted octanol–water partition coefficient (Wildman–Crippen LogP) is 13.7. The van der Waals surface area contributed by atoms with Crippen LogP contribution in [-0.2, 0) is 32.7 Å². The summed E-state index contributed by atoms with van der Waals surface area (Å²) in [4.78, 5) is 34.9. The molecular weight excluding hydrogens is 750 g/mol. The predicted molar refractivity (Wildman–Crippen MR) is 243 cm³/mol. The molecule has 2 unspecified atom stereocenters. The molecule has 0 aromatic heterocycles. The minimum absolute atomic E-state index is 0.0476. The number of carbonyl (C=O) groups is 2. The lowest BCUT2D eigenvalue weighted by Gasteiger charge is -2.19. The monoisotopic (exact) mass is 836 g/mol. The smallest absolute Gasteiger partial charge is 0.462 e. The van der Waals surface area contributed by atoms with Crippen molar-refractivity contribution in [3.8, 4) is 0 Å². The van der Waals surface area contributed by atoms with E-state index < -0.39 is 32.5 Å². The van der Waals surface area contributed by atoms with E-state index in [0.717, 1.165) is 83.5 Å². The van der Waals surface area contributed by atoms with Gasteiger partial charge in [-0.15, -0.1) is 0 Å². The summed E-state index contributed by atoms with van der Waals surface area (Å²) in [6, 6.07) is 0. The highest BCUT2D eigenvalue weighted by Crippen LogP contribution is 2.43. The number of rotatable bonds is 43. The van der Waals surface area contributed by atoms with Crippen molar-refractivity contribution in [2.45, 2.75) is 206 Å². The van der Waals surface area contributed by atoms with Crippen LogP contribution in [0.15, 0.2) is 60.8 Å². The highest BCUT2D eigenvalue weighted by atomic mass is 31.2. The highest BCUT2D eigenvalue weighted by molar-refractivity contribution is 7.47. The topological polar surface area (TPSA) is 134 Å². The summed E-state index contributed by atoms with van der Waals surface area (Å²) < 4.78 is 32.8. The van der Waals surface area contributed by atoms with Gasteiger partial charge in [0.2, 0.25) is 0 Å². The van der Waals surface area contributed by atoms with Crippen molar-refractivity contribution in [3.05, 3.63) is 60.8 Å². The third kappa shape index (κ3) is 43.3. The summed E-state index contributed by atoms with van der Waals surface area (Å²) in [6.07, 6.45) is 52.5. The number of nitrogens with two attached hydrogens (primary N) is 1. The second kappa shape index (κ2) is 44.3. The zero-order valence-corrected chi connectivity index (χ0v) is 37.9. The van der Waals surface area contributed by atoms with Crippen molar-refractivity contribution in [1.82, 2.24) is 0 Å². The van der Waals surface area contributed by atoms with Gasteiger partial charge in [-0.05, 0) is 77.0 Å². The molecule has 0 radical (unpaired) electrons. The Morgan fingerprint density at radius 2 is 0.914 bits per heavy atom. The molecule has 0 aliphatic heterocycles. The summed E-state index contributed by atoms with van der Waals surface area (Å²) in [5, 5.41) is 0. The number of allylic oxidation sites excluding steroid dienone is 10. The second-order valence-electron chi connectivity index (χ2n) is 15.3. The molecule has 0 heterocycles. The molecule has 0 rings (SSSR count). The van der Waals surface area contributed by atoms with E-state index >= 15 is 0 Å². The van der Waals surface area contributed by atoms with Gasteiger partial charge in [0.05, 0.1) is 13.2 Å². The largest absolute Gasteiger partial charge is 0.472 e. The minimum atomic E-state index is -4.39. The van der Waals surface area contributed by atoms with Crippen molar-refractivity contribution >= 4 is 19.8 Å². The Bertz CT molecular complexity index is 1130. The standard InChI is InChI=1S/C48H86NO8P/c1-3-5-7-9-11-13-15-17-19-20-21-22-23-24-25-26-27-29-31-33-35-37-39-41-48(51)57-46(45-56-58(52,53)55-43-42-49)44-54-47(50)40-38-36-34-32-30-28-18-16-14-12-10-8-6-4-2/h10,12,15-18,20-21,23-24,46H,3-9,11,13-14,19,22,25-45,49H2,1-2H3,(H,52,53)/b12-10-,17-15-,18-16-,21-20-,24-23-. The van der Waals surface area contributed by atoms with E-state index in [0.29, 0.717) is 12.8 Å². The number of hydrogen-bond donors (Lipinski definition) is 2. The van der Waals surface area contributed by atoms with E-state index in [-0.39, 0.29) is 32.6 Å². The Morgan fingerprint density at radius 3 is 1.38 bits per heavy atom. The molecule has 0 aliphatic rings. The molecule has 3 N–H and O–H groups in total. The van der Waals surface area contributed by atoms with Crippen molar-refractivity contribution in [2.75, 3.05) is 26.4 Å². The summed E-state index contributed by atoms with van der Waals surface area (Å²) >= 11 is 0. The van der Waals surface area contributed by atoms with Crippen molar-refractivity contribution < 1.29 is 37.6 Å². The molecule has 58 heavy (non-hydrogen) atoms. The molecule has 0 saturated carbocycles. The van der Waals surface area contributed by atoms with Crippen LogP contribution in [-0.4, -0.2) is 49.3 Å². The maximum absolute atomic E-state index is 12.6. The molecule has 0 bridgehead atoms. The van der Waals surface area contributed by atoms with Crippen LogP contribution < -0.4 is 5.73 Å². The van der Waals surface area contributed by atoms with Crippen LogP contribution >= 0.6 is 7.82 Å². The van der Waals surface area contributed by atoms with Crippen LogP contribution in [0.4, 0.5) is 0 Å². The highest BCUT2D eigenvalue weighted by Gasteiger charge is 2.26. The van der Waals surface area contributed by atoms with Crippen LogP contribution in [0.2, 0.25) is 0 Å². The van der Waals surface area contributed by atoms with Crippen molar-refractivity contribution in [3.63, 3.8) is 0 Å². The van der Waals surface area contributed by atoms with E-state index in [2.05, 4.69) is 74.6 Å². The van der Waals surface area contributed by atoms with Crippen LogP contribution in [0.3, 0.4) is 0 Å². The maximum atomic E-state index is 12.6. The molecule has 2 atom stereocenters. The van der Waals surface area contributed by atoms with Crippen molar-refractivity contribution in [1.29, 1.82) is 0 Å². The van der Waals surface area contributed by atoms with Gasteiger partial charge in [-0.2, -0.15) is 0 Å². The first-order valence-corrected chi connectivity index (χ1v) is 24.8. The fraction of sp³-hybridized carbons (Fsp3) is 0.750. The molecule has 336 valence electrons. The number of unbranched alkanes of at least 4 members (excludes halogenated alkanes) is 20. The number of phosphoric acid groups is 1. The SMILES string of the molecule is CCCC/C=C\C/C=C\CCCCCCCC(=O)OCC(COP(=O)(O)OCCN)OC(=O)CCCCCCCCCC/C=C\C/C=C\C/C=C\CCCCCCC. The van der Waals surface area contributed by atoms with Crippen LogP contribution in [0.1, 0.15) is 200 Å². The number of ether oxygens (including phenoxy) is 2. The molecule has 10 heteroatoms. The maximum Gasteiger partial charge on any atom is 0.472 e. The van der Waals surface area contributed by atoms with Gasteiger partial charge >= 0.3 is 19.8 Å². The average Bonchev–Trinajstić information content (AvgIpc) is 3.21. The Labute approximate surface area is 355 Å². The van der Waals surface area contributed by atoms with Gasteiger partial charge in [0.1, 0.15) is 6.61 Å². The fourth-order valence-corrected chi connectivity index (χ4v) is 6.89. The molecule has 0 fully saturated rings. The lowest BCUT2D eigenvalue weighted by Crippen LogP contribution is -2.29. The van der Waals surface area contributed by atoms with Gasteiger partial charge in [-0.1, -0.05) is 171 Å². The number of carbonyl (C=O) groups excluding carboxylic acids is 2. The van der Waals surface area contributed by atoms with E-state index in [4.69, 9.17) is 24.3 Å². The first kappa shape index (κ1) is 55.7.